The Kier molecular flexibility index (Phi) is 4.52. The topological polar surface area (TPSA) is 66.1 Å². The van der Waals surface area contributed by atoms with Crippen molar-refractivity contribution in [2.45, 2.75) is 27.3 Å². The number of carbonyl (C=O) groups excluding carboxylic acids is 1. The summed E-state index contributed by atoms with van der Waals surface area (Å²) < 4.78 is 0. The summed E-state index contributed by atoms with van der Waals surface area (Å²) in [4.78, 5) is 32.9. The standard InChI is InChI=1S/C16H19N3O2/c1-4-19(15(20)9-11(2)3)10-14-17-13-8-6-5-7-12(13)16(21)18-14/h5-9H,4,10H2,1-3H3,(H,17,18,21). The van der Waals surface area contributed by atoms with Gasteiger partial charge in [0, 0.05) is 12.6 Å². The number of nitrogens with zero attached hydrogens (tertiary/aromatic N) is 2. The first-order valence-electron chi connectivity index (χ1n) is 6.93. The largest absolute Gasteiger partial charge is 0.332 e. The second kappa shape index (κ2) is 6.35. The van der Waals surface area contributed by atoms with Gasteiger partial charge in [0.05, 0.1) is 17.4 Å². The van der Waals surface area contributed by atoms with E-state index in [9.17, 15) is 9.59 Å². The highest BCUT2D eigenvalue weighted by molar-refractivity contribution is 5.88. The van der Waals surface area contributed by atoms with Crippen molar-refractivity contribution in [3.63, 3.8) is 0 Å². The van der Waals surface area contributed by atoms with Crippen LogP contribution in [0.1, 0.15) is 26.6 Å². The van der Waals surface area contributed by atoms with E-state index in [1.807, 2.05) is 26.8 Å². The number of nitrogens with one attached hydrogen (secondary N) is 1. The van der Waals surface area contributed by atoms with Gasteiger partial charge in [0.1, 0.15) is 5.82 Å². The van der Waals surface area contributed by atoms with Gasteiger partial charge in [-0.1, -0.05) is 17.7 Å². The van der Waals surface area contributed by atoms with Crippen molar-refractivity contribution in [1.82, 2.24) is 14.9 Å². The number of aromatic nitrogens is 2. The van der Waals surface area contributed by atoms with Gasteiger partial charge in [-0.2, -0.15) is 0 Å². The minimum atomic E-state index is -0.179. The Labute approximate surface area is 123 Å². The summed E-state index contributed by atoms with van der Waals surface area (Å²) >= 11 is 0. The molecule has 1 aromatic carbocycles. The number of H-pyrrole nitrogens is 1. The Morgan fingerprint density at radius 2 is 2.05 bits per heavy atom. The summed E-state index contributed by atoms with van der Waals surface area (Å²) in [5.74, 6) is 0.421. The number of para-hydroxylation sites is 1. The van der Waals surface area contributed by atoms with E-state index in [-0.39, 0.29) is 11.5 Å². The van der Waals surface area contributed by atoms with Crippen LogP contribution in [0, 0.1) is 0 Å². The summed E-state index contributed by atoms with van der Waals surface area (Å²) in [5.41, 5.74) is 1.40. The number of fused-ring (bicyclic) bond motifs is 1. The first kappa shape index (κ1) is 15.0. The van der Waals surface area contributed by atoms with E-state index in [2.05, 4.69) is 9.97 Å². The lowest BCUT2D eigenvalue weighted by Gasteiger charge is -2.18. The zero-order valence-corrected chi connectivity index (χ0v) is 12.5. The maximum Gasteiger partial charge on any atom is 0.258 e. The first-order valence-corrected chi connectivity index (χ1v) is 6.93. The van der Waals surface area contributed by atoms with E-state index >= 15 is 0 Å². The molecule has 1 amide bonds. The second-order valence-electron chi connectivity index (χ2n) is 5.10. The molecule has 0 saturated heterocycles. The Morgan fingerprint density at radius 1 is 1.33 bits per heavy atom. The van der Waals surface area contributed by atoms with E-state index in [1.165, 1.54) is 0 Å². The molecule has 2 rings (SSSR count). The number of likely N-dealkylation sites (N-methyl/N-ethyl adjacent to an activating group) is 1. The van der Waals surface area contributed by atoms with Crippen LogP contribution in [0.25, 0.3) is 10.9 Å². The molecule has 2 aromatic rings. The highest BCUT2D eigenvalue weighted by atomic mass is 16.2. The van der Waals surface area contributed by atoms with Gasteiger partial charge in [-0.15, -0.1) is 0 Å². The van der Waals surface area contributed by atoms with E-state index in [1.54, 1.807) is 29.2 Å². The molecule has 0 aliphatic heterocycles. The van der Waals surface area contributed by atoms with Gasteiger partial charge >= 0.3 is 0 Å². The summed E-state index contributed by atoms with van der Waals surface area (Å²) in [7, 11) is 0. The van der Waals surface area contributed by atoms with Crippen LogP contribution >= 0.6 is 0 Å². The molecule has 0 spiro atoms. The minimum Gasteiger partial charge on any atom is -0.332 e. The number of carbonyl (C=O) groups is 1. The summed E-state index contributed by atoms with van der Waals surface area (Å²) in [5, 5.41) is 0.555. The number of hydrogen-bond acceptors (Lipinski definition) is 3. The predicted octanol–water partition coefficient (Wildman–Crippen LogP) is 2.24. The molecule has 0 radical (unpaired) electrons. The highest BCUT2D eigenvalue weighted by Gasteiger charge is 2.12. The van der Waals surface area contributed by atoms with E-state index in [0.29, 0.717) is 29.8 Å². The van der Waals surface area contributed by atoms with Crippen molar-refractivity contribution in [1.29, 1.82) is 0 Å². The van der Waals surface area contributed by atoms with Crippen LogP contribution in [0.5, 0.6) is 0 Å². The zero-order valence-electron chi connectivity index (χ0n) is 12.5. The number of hydrogen-bond donors (Lipinski definition) is 1. The van der Waals surface area contributed by atoms with E-state index in [4.69, 9.17) is 0 Å². The lowest BCUT2D eigenvalue weighted by molar-refractivity contribution is -0.126. The molecule has 1 heterocycles. The van der Waals surface area contributed by atoms with Crippen molar-refractivity contribution in [3.8, 4) is 0 Å². The number of aromatic amines is 1. The molecule has 1 N–H and O–H groups in total. The van der Waals surface area contributed by atoms with Gasteiger partial charge in [-0.25, -0.2) is 4.98 Å². The molecule has 0 bridgehead atoms. The van der Waals surface area contributed by atoms with E-state index in [0.717, 1.165) is 5.57 Å². The third kappa shape index (κ3) is 3.56. The van der Waals surface area contributed by atoms with Gasteiger partial charge in [-0.3, -0.25) is 9.59 Å². The molecule has 0 atom stereocenters. The number of allylic oxidation sites excluding steroid dienone is 1. The third-order valence-corrected chi connectivity index (χ3v) is 3.11. The second-order valence-corrected chi connectivity index (χ2v) is 5.10. The average Bonchev–Trinajstić information content (AvgIpc) is 2.44. The maximum atomic E-state index is 12.1. The fourth-order valence-corrected chi connectivity index (χ4v) is 2.07. The molecule has 110 valence electrons. The normalized spacial score (nSPS) is 10.4. The van der Waals surface area contributed by atoms with Crippen molar-refractivity contribution in [3.05, 3.63) is 52.1 Å². The average molecular weight is 285 g/mol. The molecule has 0 unspecified atom stereocenters. The SMILES string of the molecule is CCN(Cc1nc2ccccc2c(=O)[nH]1)C(=O)C=C(C)C. The van der Waals surface area contributed by atoms with Crippen LogP contribution in [-0.4, -0.2) is 27.3 Å². The quantitative estimate of drug-likeness (QED) is 0.876. The van der Waals surface area contributed by atoms with Gasteiger partial charge in [0.15, 0.2) is 0 Å². The Bertz CT molecular complexity index is 743. The molecule has 0 saturated carbocycles. The smallest absolute Gasteiger partial charge is 0.258 e. The van der Waals surface area contributed by atoms with Crippen molar-refractivity contribution in [2.75, 3.05) is 6.54 Å². The fraction of sp³-hybridized carbons (Fsp3) is 0.312. The highest BCUT2D eigenvalue weighted by Crippen LogP contribution is 2.07. The molecule has 21 heavy (non-hydrogen) atoms. The molecular weight excluding hydrogens is 266 g/mol. The van der Waals surface area contributed by atoms with Gasteiger partial charge in [0.2, 0.25) is 5.91 Å². The summed E-state index contributed by atoms with van der Waals surface area (Å²) in [6, 6.07) is 7.17. The molecule has 5 heteroatoms. The Balaban J connectivity index is 2.32. The van der Waals surface area contributed by atoms with Gasteiger partial charge in [-0.05, 0) is 32.9 Å². The van der Waals surface area contributed by atoms with Crippen LogP contribution in [0.3, 0.4) is 0 Å². The number of rotatable bonds is 4. The lowest BCUT2D eigenvalue weighted by atomic mass is 10.2. The Morgan fingerprint density at radius 3 is 2.71 bits per heavy atom. The number of benzene rings is 1. The van der Waals surface area contributed by atoms with Crippen molar-refractivity contribution < 1.29 is 4.79 Å². The molecule has 0 aliphatic rings. The Hall–Kier alpha value is -2.43. The lowest BCUT2D eigenvalue weighted by Crippen LogP contribution is -2.30. The molecule has 0 fully saturated rings. The molecule has 1 aromatic heterocycles. The van der Waals surface area contributed by atoms with Crippen LogP contribution in [0.2, 0.25) is 0 Å². The molecular formula is C16H19N3O2. The van der Waals surface area contributed by atoms with Gasteiger partial charge < -0.3 is 9.88 Å². The van der Waals surface area contributed by atoms with Gasteiger partial charge in [0.25, 0.3) is 5.56 Å². The molecule has 0 aliphatic carbocycles. The summed E-state index contributed by atoms with van der Waals surface area (Å²) in [6.07, 6.45) is 1.59. The van der Waals surface area contributed by atoms with Crippen molar-refractivity contribution in [2.24, 2.45) is 0 Å². The van der Waals surface area contributed by atoms with Crippen LogP contribution < -0.4 is 5.56 Å². The van der Waals surface area contributed by atoms with Crippen LogP contribution in [-0.2, 0) is 11.3 Å². The minimum absolute atomic E-state index is 0.0756. The summed E-state index contributed by atoms with van der Waals surface area (Å²) in [6.45, 7) is 6.50. The predicted molar refractivity (Wildman–Crippen MR) is 82.9 cm³/mol. The van der Waals surface area contributed by atoms with Crippen LogP contribution in [0.4, 0.5) is 0 Å². The van der Waals surface area contributed by atoms with Crippen molar-refractivity contribution >= 4 is 16.8 Å². The zero-order chi connectivity index (χ0) is 15.4. The first-order chi connectivity index (χ1) is 10.0. The van der Waals surface area contributed by atoms with Crippen LogP contribution in [0.15, 0.2) is 40.7 Å². The molecule has 5 nitrogen and oxygen atoms in total. The third-order valence-electron chi connectivity index (χ3n) is 3.11. The monoisotopic (exact) mass is 285 g/mol. The number of amides is 1. The maximum absolute atomic E-state index is 12.1. The fourth-order valence-electron chi connectivity index (χ4n) is 2.07. The van der Waals surface area contributed by atoms with E-state index < -0.39 is 0 Å².